The van der Waals surface area contributed by atoms with Crippen molar-refractivity contribution in [2.24, 2.45) is 0 Å². The molecule has 0 saturated carbocycles. The number of Topliss-reactive ketones (excluding diaryl/α,β-unsaturated/α-hetero) is 1. The number of carbonyl (C=O) groups is 1. The van der Waals surface area contributed by atoms with Gasteiger partial charge in [0.25, 0.3) is 5.69 Å². The summed E-state index contributed by atoms with van der Waals surface area (Å²) in [5.41, 5.74) is -0.458. The Hall–Kier alpha value is -1.74. The van der Waals surface area contributed by atoms with Gasteiger partial charge in [-0.2, -0.15) is 5.26 Å². The van der Waals surface area contributed by atoms with E-state index in [2.05, 4.69) is 15.9 Å². The number of nitrogens with zero attached hydrogens (tertiary/aromatic N) is 2. The summed E-state index contributed by atoms with van der Waals surface area (Å²) in [6.07, 6.45) is 0. The first kappa shape index (κ1) is 12.3. The molecular formula is C10H7BrN2O3. The fourth-order valence-electron chi connectivity index (χ4n) is 1.24. The van der Waals surface area contributed by atoms with Crippen LogP contribution in [0.5, 0.6) is 0 Å². The number of nitriles is 1. The molecule has 0 heterocycles. The number of benzene rings is 1. The van der Waals surface area contributed by atoms with E-state index in [1.807, 2.05) is 0 Å². The molecule has 0 N–H and O–H groups in total. The van der Waals surface area contributed by atoms with Crippen molar-refractivity contribution in [1.82, 2.24) is 0 Å². The highest BCUT2D eigenvalue weighted by Gasteiger charge is 2.26. The Labute approximate surface area is 100.0 Å². The molecule has 0 aliphatic heterocycles. The predicted molar refractivity (Wildman–Crippen MR) is 60.5 cm³/mol. The van der Waals surface area contributed by atoms with Gasteiger partial charge in [0.1, 0.15) is 11.6 Å². The van der Waals surface area contributed by atoms with E-state index >= 15 is 0 Å². The summed E-state index contributed by atoms with van der Waals surface area (Å²) in [5.74, 6) is -0.469. The fourth-order valence-corrected chi connectivity index (χ4v) is 1.47. The van der Waals surface area contributed by atoms with Crippen LogP contribution in [0.3, 0.4) is 0 Å². The second kappa shape index (κ2) is 4.86. The molecule has 0 radical (unpaired) electrons. The van der Waals surface area contributed by atoms with Crippen molar-refractivity contribution in [3.8, 4) is 6.07 Å². The van der Waals surface area contributed by atoms with Crippen LogP contribution in [0.15, 0.2) is 18.2 Å². The molecule has 1 rings (SSSR count). The van der Waals surface area contributed by atoms with E-state index in [1.165, 1.54) is 18.2 Å². The minimum absolute atomic E-state index is 0.0190. The molecule has 1 aromatic rings. The molecule has 0 fully saturated rings. The lowest BCUT2D eigenvalue weighted by atomic mass is 10.0. The number of hydrogen-bond donors (Lipinski definition) is 0. The maximum Gasteiger partial charge on any atom is 0.281 e. The maximum absolute atomic E-state index is 11.7. The second-order valence-corrected chi connectivity index (χ2v) is 4.42. The van der Waals surface area contributed by atoms with Crippen LogP contribution in [-0.2, 0) is 0 Å². The van der Waals surface area contributed by atoms with Crippen molar-refractivity contribution in [2.45, 2.75) is 11.8 Å². The van der Waals surface area contributed by atoms with Gasteiger partial charge >= 0.3 is 0 Å². The maximum atomic E-state index is 11.7. The molecule has 1 atom stereocenters. The van der Waals surface area contributed by atoms with Gasteiger partial charge in [0.2, 0.25) is 0 Å². The van der Waals surface area contributed by atoms with Crippen LogP contribution in [0.2, 0.25) is 0 Å². The van der Waals surface area contributed by atoms with Gasteiger partial charge in [0, 0.05) is 6.07 Å². The summed E-state index contributed by atoms with van der Waals surface area (Å²) in [6, 6.07) is 5.76. The van der Waals surface area contributed by atoms with Gasteiger partial charge in [-0.1, -0.05) is 22.0 Å². The predicted octanol–water partition coefficient (Wildman–Crippen LogP) is 2.43. The van der Waals surface area contributed by atoms with Crippen molar-refractivity contribution in [2.75, 3.05) is 0 Å². The van der Waals surface area contributed by atoms with E-state index in [4.69, 9.17) is 5.26 Å². The van der Waals surface area contributed by atoms with Crippen LogP contribution < -0.4 is 0 Å². The third-order valence-electron chi connectivity index (χ3n) is 1.97. The van der Waals surface area contributed by atoms with Crippen LogP contribution in [0.1, 0.15) is 22.8 Å². The molecule has 0 saturated heterocycles. The Kier molecular flexibility index (Phi) is 3.74. The number of nitro benzene ring substituents is 1. The monoisotopic (exact) mass is 282 g/mol. The molecule has 0 aliphatic carbocycles. The van der Waals surface area contributed by atoms with Crippen molar-refractivity contribution >= 4 is 27.4 Å². The summed E-state index contributed by atoms with van der Waals surface area (Å²) >= 11 is 3.04. The minimum Gasteiger partial charge on any atom is -0.293 e. The van der Waals surface area contributed by atoms with E-state index in [0.717, 1.165) is 0 Å². The number of carbonyl (C=O) groups excluding carboxylic acids is 1. The van der Waals surface area contributed by atoms with Crippen molar-refractivity contribution < 1.29 is 9.72 Å². The molecule has 16 heavy (non-hydrogen) atoms. The Balaban J connectivity index is 3.50. The lowest BCUT2D eigenvalue weighted by Crippen LogP contribution is -2.14. The second-order valence-electron chi connectivity index (χ2n) is 3.05. The molecule has 6 heteroatoms. The summed E-state index contributed by atoms with van der Waals surface area (Å²) in [4.78, 5) is 21.3. The Morgan fingerprint density at radius 2 is 2.25 bits per heavy atom. The molecule has 1 unspecified atom stereocenters. The minimum atomic E-state index is -0.663. The summed E-state index contributed by atoms with van der Waals surface area (Å²) < 4.78 is 0. The zero-order valence-electron chi connectivity index (χ0n) is 8.31. The largest absolute Gasteiger partial charge is 0.293 e. The molecule has 1 aromatic carbocycles. The first-order valence-corrected chi connectivity index (χ1v) is 5.26. The van der Waals surface area contributed by atoms with E-state index < -0.39 is 15.5 Å². The van der Waals surface area contributed by atoms with Gasteiger partial charge in [0.15, 0.2) is 5.78 Å². The summed E-state index contributed by atoms with van der Waals surface area (Å²) in [5, 5.41) is 19.6. The quantitative estimate of drug-likeness (QED) is 0.369. The standard InChI is InChI=1S/C10H7BrN2O3/c1-6(11)10(14)9-7(5-12)3-2-4-8(9)13(15)16/h2-4,6H,1H3. The van der Waals surface area contributed by atoms with Gasteiger partial charge in [0.05, 0.1) is 15.3 Å². The zero-order valence-corrected chi connectivity index (χ0v) is 9.89. The lowest BCUT2D eigenvalue weighted by Gasteiger charge is -2.05. The van der Waals surface area contributed by atoms with Crippen LogP contribution in [-0.4, -0.2) is 15.5 Å². The van der Waals surface area contributed by atoms with E-state index in [-0.39, 0.29) is 16.8 Å². The molecule has 0 bridgehead atoms. The topological polar surface area (TPSA) is 84.0 Å². The number of nitro groups is 1. The molecular weight excluding hydrogens is 276 g/mol. The molecule has 82 valence electrons. The highest BCUT2D eigenvalue weighted by molar-refractivity contribution is 9.10. The van der Waals surface area contributed by atoms with Crippen molar-refractivity contribution in [3.63, 3.8) is 0 Å². The normalized spacial score (nSPS) is 11.6. The van der Waals surface area contributed by atoms with Gasteiger partial charge in [-0.25, -0.2) is 0 Å². The fraction of sp³-hybridized carbons (Fsp3) is 0.200. The number of halogens is 1. The smallest absolute Gasteiger partial charge is 0.281 e. The zero-order chi connectivity index (χ0) is 12.3. The molecule has 0 aromatic heterocycles. The first-order chi connectivity index (χ1) is 7.49. The van der Waals surface area contributed by atoms with Gasteiger partial charge in [-0.15, -0.1) is 0 Å². The van der Waals surface area contributed by atoms with E-state index in [1.54, 1.807) is 13.0 Å². The average molecular weight is 283 g/mol. The SMILES string of the molecule is CC(Br)C(=O)c1c(C#N)cccc1[N+](=O)[O-]. The van der Waals surface area contributed by atoms with Gasteiger partial charge < -0.3 is 0 Å². The van der Waals surface area contributed by atoms with Crippen LogP contribution in [0.25, 0.3) is 0 Å². The summed E-state index contributed by atoms with van der Waals surface area (Å²) in [7, 11) is 0. The number of rotatable bonds is 3. The average Bonchev–Trinajstić information content (AvgIpc) is 2.26. The first-order valence-electron chi connectivity index (χ1n) is 4.34. The Bertz CT molecular complexity index is 491. The van der Waals surface area contributed by atoms with Crippen LogP contribution >= 0.6 is 15.9 Å². The number of alkyl halides is 1. The van der Waals surface area contributed by atoms with Gasteiger partial charge in [-0.05, 0) is 13.0 Å². The molecule has 0 aliphatic rings. The van der Waals surface area contributed by atoms with Crippen LogP contribution in [0.4, 0.5) is 5.69 Å². The van der Waals surface area contributed by atoms with Crippen molar-refractivity contribution in [3.05, 3.63) is 39.4 Å². The molecule has 5 nitrogen and oxygen atoms in total. The Morgan fingerprint density at radius 3 is 2.69 bits per heavy atom. The van der Waals surface area contributed by atoms with E-state index in [0.29, 0.717) is 0 Å². The van der Waals surface area contributed by atoms with E-state index in [9.17, 15) is 14.9 Å². The van der Waals surface area contributed by atoms with Crippen LogP contribution in [0, 0.1) is 21.4 Å². The third-order valence-corrected chi connectivity index (χ3v) is 2.38. The molecule has 0 amide bonds. The number of hydrogen-bond acceptors (Lipinski definition) is 4. The highest BCUT2D eigenvalue weighted by Crippen LogP contribution is 2.24. The Morgan fingerprint density at radius 1 is 1.62 bits per heavy atom. The third kappa shape index (κ3) is 2.25. The van der Waals surface area contributed by atoms with Crippen molar-refractivity contribution in [1.29, 1.82) is 5.26 Å². The van der Waals surface area contributed by atoms with Gasteiger partial charge in [-0.3, -0.25) is 14.9 Å². The lowest BCUT2D eigenvalue weighted by molar-refractivity contribution is -0.385. The number of ketones is 1. The highest BCUT2D eigenvalue weighted by atomic mass is 79.9. The molecule has 0 spiro atoms. The summed E-state index contributed by atoms with van der Waals surface area (Å²) in [6.45, 7) is 1.56.